The van der Waals surface area contributed by atoms with E-state index in [-0.39, 0.29) is 0 Å². The third-order valence-corrected chi connectivity index (χ3v) is 4.93. The second kappa shape index (κ2) is 14.6. The third-order valence-electron chi connectivity index (χ3n) is 4.93. The van der Waals surface area contributed by atoms with Crippen molar-refractivity contribution >= 4 is 0 Å². The van der Waals surface area contributed by atoms with Crippen LogP contribution in [-0.4, -0.2) is 149 Å². The lowest BCUT2D eigenvalue weighted by atomic mass is 10.2. The first-order valence-corrected chi connectivity index (χ1v) is 10.4. The largest absolute Gasteiger partial charge is 0.390 e. The number of hydrogen-bond donors (Lipinski definition) is 2. The molecule has 9 nitrogen and oxygen atoms in total. The van der Waals surface area contributed by atoms with Crippen molar-refractivity contribution in [2.24, 2.45) is 0 Å². The molecule has 0 spiro atoms. The molecule has 2 aliphatic rings. The Bertz CT molecular complexity index is 339. The number of hydrogen-bond acceptors (Lipinski definition) is 9. The van der Waals surface area contributed by atoms with Crippen molar-refractivity contribution in [3.63, 3.8) is 0 Å². The molecule has 2 atom stereocenters. The summed E-state index contributed by atoms with van der Waals surface area (Å²) in [6, 6.07) is 0. The maximum Gasteiger partial charge on any atom is 0.0793 e. The van der Waals surface area contributed by atoms with Gasteiger partial charge in [-0.1, -0.05) is 0 Å². The van der Waals surface area contributed by atoms with Crippen LogP contribution in [-0.2, 0) is 18.9 Å². The molecule has 0 radical (unpaired) electrons. The van der Waals surface area contributed by atoms with Gasteiger partial charge in [0.1, 0.15) is 0 Å². The second-order valence-electron chi connectivity index (χ2n) is 7.58. The minimum Gasteiger partial charge on any atom is -0.390 e. The van der Waals surface area contributed by atoms with Crippen LogP contribution in [0.2, 0.25) is 0 Å². The molecule has 0 saturated carbocycles. The summed E-state index contributed by atoms with van der Waals surface area (Å²) in [4.78, 5) is 6.31. The van der Waals surface area contributed by atoms with E-state index in [2.05, 4.69) is 9.80 Å². The molecule has 2 rings (SSSR count). The third kappa shape index (κ3) is 11.0. The van der Waals surface area contributed by atoms with E-state index in [0.29, 0.717) is 79.0 Å². The van der Waals surface area contributed by atoms with E-state index in [1.54, 1.807) is 0 Å². The Morgan fingerprint density at radius 1 is 0.536 bits per heavy atom. The van der Waals surface area contributed by atoms with E-state index in [1.807, 2.05) is 11.9 Å². The topological polar surface area (TPSA) is 87.1 Å². The quantitative estimate of drug-likeness (QED) is 0.492. The van der Waals surface area contributed by atoms with Crippen LogP contribution < -0.4 is 0 Å². The van der Waals surface area contributed by atoms with Gasteiger partial charge >= 0.3 is 0 Å². The normalized spacial score (nSPS) is 34.8. The summed E-state index contributed by atoms with van der Waals surface area (Å²) in [5.41, 5.74) is 0. The van der Waals surface area contributed by atoms with Gasteiger partial charge in [-0.15, -0.1) is 0 Å². The van der Waals surface area contributed by atoms with E-state index in [4.69, 9.17) is 18.9 Å². The minimum atomic E-state index is -0.494. The second-order valence-corrected chi connectivity index (χ2v) is 7.58. The zero-order valence-corrected chi connectivity index (χ0v) is 17.3. The Morgan fingerprint density at radius 2 is 0.857 bits per heavy atom. The van der Waals surface area contributed by atoms with Crippen molar-refractivity contribution < 1.29 is 29.2 Å². The summed E-state index contributed by atoms with van der Waals surface area (Å²) >= 11 is 0. The Hall–Kier alpha value is -0.360. The van der Waals surface area contributed by atoms with Gasteiger partial charge in [-0.05, 0) is 7.05 Å². The molecule has 2 unspecified atom stereocenters. The van der Waals surface area contributed by atoms with Crippen LogP contribution in [0, 0.1) is 0 Å². The molecule has 166 valence electrons. The molecule has 2 N–H and O–H groups in total. The van der Waals surface area contributed by atoms with Crippen molar-refractivity contribution in [1.82, 2.24) is 14.7 Å². The minimum absolute atomic E-state index is 0.494. The molecule has 0 aromatic heterocycles. The number of nitrogens with zero attached hydrogens (tertiary/aromatic N) is 3. The van der Waals surface area contributed by atoms with E-state index >= 15 is 0 Å². The molecule has 0 amide bonds. The maximum absolute atomic E-state index is 10.5. The van der Waals surface area contributed by atoms with Crippen molar-refractivity contribution in [3.05, 3.63) is 0 Å². The summed E-state index contributed by atoms with van der Waals surface area (Å²) in [5.74, 6) is 0. The van der Waals surface area contributed by atoms with Crippen LogP contribution in [0.3, 0.4) is 0 Å². The van der Waals surface area contributed by atoms with E-state index in [1.165, 1.54) is 0 Å². The number of likely N-dealkylation sites (N-methyl/N-ethyl adjacent to an activating group) is 1. The average molecular weight is 406 g/mol. The van der Waals surface area contributed by atoms with Gasteiger partial charge < -0.3 is 34.1 Å². The van der Waals surface area contributed by atoms with Crippen LogP contribution in [0.1, 0.15) is 0 Å². The molecule has 2 heterocycles. The lowest BCUT2D eigenvalue weighted by Gasteiger charge is -2.29. The monoisotopic (exact) mass is 405 g/mol. The highest BCUT2D eigenvalue weighted by Gasteiger charge is 2.18. The first-order valence-electron chi connectivity index (χ1n) is 10.4. The summed E-state index contributed by atoms with van der Waals surface area (Å²) in [5, 5.41) is 21.0. The Balaban J connectivity index is 2.04. The molecule has 2 saturated heterocycles. The van der Waals surface area contributed by atoms with Gasteiger partial charge in [-0.3, -0.25) is 9.80 Å². The molecule has 0 aliphatic carbocycles. The SMILES string of the molecule is CN1CC(O)CN2CCOCCOCCN(CCOCCOCC2)CC(O)C1. The summed E-state index contributed by atoms with van der Waals surface area (Å²) in [7, 11) is 1.93. The van der Waals surface area contributed by atoms with Crippen LogP contribution in [0.5, 0.6) is 0 Å². The van der Waals surface area contributed by atoms with Crippen LogP contribution >= 0.6 is 0 Å². The Morgan fingerprint density at radius 3 is 1.18 bits per heavy atom. The van der Waals surface area contributed by atoms with Crippen molar-refractivity contribution in [2.45, 2.75) is 12.2 Å². The van der Waals surface area contributed by atoms with Crippen LogP contribution in [0.15, 0.2) is 0 Å². The predicted molar refractivity (Wildman–Crippen MR) is 106 cm³/mol. The molecule has 28 heavy (non-hydrogen) atoms. The molecular formula is C19H39N3O6. The zero-order chi connectivity index (χ0) is 20.0. The summed E-state index contributed by atoms with van der Waals surface area (Å²) < 4.78 is 22.7. The van der Waals surface area contributed by atoms with E-state index in [9.17, 15) is 10.2 Å². The lowest BCUT2D eigenvalue weighted by Crippen LogP contribution is -2.45. The highest BCUT2D eigenvalue weighted by atomic mass is 16.5. The molecule has 2 bridgehead atoms. The summed E-state index contributed by atoms with van der Waals surface area (Å²) in [6.07, 6.45) is -0.988. The molecular weight excluding hydrogens is 366 g/mol. The first kappa shape index (κ1) is 23.9. The Kier molecular flexibility index (Phi) is 12.5. The van der Waals surface area contributed by atoms with Gasteiger partial charge in [0.25, 0.3) is 0 Å². The number of fused-ring (bicyclic) bond motifs is 8. The Labute approximate surface area is 169 Å². The first-order chi connectivity index (χ1) is 13.6. The molecule has 2 aliphatic heterocycles. The smallest absolute Gasteiger partial charge is 0.0793 e. The van der Waals surface area contributed by atoms with Crippen LogP contribution in [0.25, 0.3) is 0 Å². The lowest BCUT2D eigenvalue weighted by molar-refractivity contribution is -0.0000112. The van der Waals surface area contributed by atoms with E-state index in [0.717, 1.165) is 26.2 Å². The van der Waals surface area contributed by atoms with Crippen molar-refractivity contribution in [1.29, 1.82) is 0 Å². The van der Waals surface area contributed by atoms with Crippen molar-refractivity contribution in [3.8, 4) is 0 Å². The highest BCUT2D eigenvalue weighted by Crippen LogP contribution is 2.01. The summed E-state index contributed by atoms with van der Waals surface area (Å²) in [6.45, 7) is 9.68. The zero-order valence-electron chi connectivity index (χ0n) is 17.3. The van der Waals surface area contributed by atoms with Gasteiger partial charge in [0.2, 0.25) is 0 Å². The average Bonchev–Trinajstić information content (AvgIpc) is 2.63. The van der Waals surface area contributed by atoms with Crippen LogP contribution in [0.4, 0.5) is 0 Å². The van der Waals surface area contributed by atoms with E-state index < -0.39 is 12.2 Å². The number of aliphatic hydroxyl groups excluding tert-OH is 2. The fourth-order valence-electron chi connectivity index (χ4n) is 3.51. The highest BCUT2D eigenvalue weighted by molar-refractivity contribution is 4.73. The maximum atomic E-state index is 10.5. The number of ether oxygens (including phenoxy) is 4. The van der Waals surface area contributed by atoms with Crippen molar-refractivity contribution in [2.75, 3.05) is 112 Å². The number of rotatable bonds is 0. The van der Waals surface area contributed by atoms with Gasteiger partial charge in [-0.25, -0.2) is 0 Å². The standard InChI is InChI=1S/C19H39N3O6/c1-20-14-18(23)16-21-2-6-25-10-11-27-8-4-22(17-19(24)15-20)5-9-28-13-12-26-7-3-21/h18-19,23-24H,2-17H2,1H3. The fourth-order valence-corrected chi connectivity index (χ4v) is 3.51. The predicted octanol–water partition coefficient (Wildman–Crippen LogP) is -1.66. The fraction of sp³-hybridized carbons (Fsp3) is 1.00. The molecule has 0 aromatic rings. The molecule has 2 fully saturated rings. The molecule has 9 heteroatoms. The van der Waals surface area contributed by atoms with Gasteiger partial charge in [0, 0.05) is 52.4 Å². The van der Waals surface area contributed by atoms with Gasteiger partial charge in [-0.2, -0.15) is 0 Å². The van der Waals surface area contributed by atoms with Gasteiger partial charge in [0.15, 0.2) is 0 Å². The molecule has 0 aromatic carbocycles. The number of aliphatic hydroxyl groups is 2. The van der Waals surface area contributed by atoms with Gasteiger partial charge in [0.05, 0.1) is 65.1 Å².